The highest BCUT2D eigenvalue weighted by Crippen LogP contribution is 2.58. The van der Waals surface area contributed by atoms with Crippen LogP contribution in [0.5, 0.6) is 0 Å². The van der Waals surface area contributed by atoms with E-state index in [0.717, 1.165) is 13.0 Å². The fourth-order valence-corrected chi connectivity index (χ4v) is 9.11. The summed E-state index contributed by atoms with van der Waals surface area (Å²) in [5.74, 6) is 0.675. The van der Waals surface area contributed by atoms with E-state index in [9.17, 15) is 4.79 Å². The highest BCUT2D eigenvalue weighted by Gasteiger charge is 2.22. The van der Waals surface area contributed by atoms with Crippen molar-refractivity contribution in [1.82, 2.24) is 5.32 Å². The maximum atomic E-state index is 11.9. The van der Waals surface area contributed by atoms with E-state index in [0.29, 0.717) is 5.75 Å². The molecule has 0 saturated carbocycles. The molecule has 0 aromatic rings. The largest absolute Gasteiger partial charge is 0.355 e. The highest BCUT2D eigenvalue weighted by molar-refractivity contribution is 8.40. The van der Waals surface area contributed by atoms with Crippen LogP contribution in [0.2, 0.25) is 0 Å². The number of hydrogen-bond donors (Lipinski definition) is 1. The second-order valence-corrected chi connectivity index (χ2v) is 12.3. The van der Waals surface area contributed by atoms with Crippen LogP contribution in [0.1, 0.15) is 45.4 Å². The van der Waals surface area contributed by atoms with Gasteiger partial charge in [-0.2, -0.15) is 0 Å². The maximum absolute atomic E-state index is 11.9. The first-order chi connectivity index (χ1) is 12.2. The molecule has 0 aromatic carbocycles. The third-order valence-corrected chi connectivity index (χ3v) is 11.3. The second-order valence-electron chi connectivity index (χ2n) is 5.50. The van der Waals surface area contributed by atoms with Crippen LogP contribution in [0.15, 0.2) is 27.8 Å². The lowest BCUT2D eigenvalue weighted by Crippen LogP contribution is -2.26. The summed E-state index contributed by atoms with van der Waals surface area (Å²) in [5, 5.41) is 7.44. The number of carbonyl (C=O) groups is 1. The van der Waals surface area contributed by atoms with E-state index < -0.39 is 0 Å². The fourth-order valence-electron chi connectivity index (χ4n) is 2.14. The van der Waals surface area contributed by atoms with Crippen LogP contribution >= 0.6 is 70.6 Å². The SMILES string of the molecule is CCCCCCCCNC(=O)CSC1=CS/C(=C2\SC=C(SC)S2)S1. The molecule has 0 spiro atoms. The van der Waals surface area contributed by atoms with Crippen molar-refractivity contribution in [3.05, 3.63) is 27.8 Å². The molecule has 2 aliphatic rings. The summed E-state index contributed by atoms with van der Waals surface area (Å²) in [6.07, 6.45) is 9.67. The van der Waals surface area contributed by atoms with Crippen molar-refractivity contribution < 1.29 is 4.79 Å². The molecule has 0 aromatic heterocycles. The quantitative estimate of drug-likeness (QED) is 0.331. The van der Waals surface area contributed by atoms with Gasteiger partial charge in [-0.15, -0.1) is 23.5 Å². The molecule has 140 valence electrons. The molecular weight excluding hydrogens is 427 g/mol. The summed E-state index contributed by atoms with van der Waals surface area (Å²) >= 11 is 10.7. The third-order valence-electron chi connectivity index (χ3n) is 3.48. The van der Waals surface area contributed by atoms with Crippen molar-refractivity contribution in [1.29, 1.82) is 0 Å². The second kappa shape index (κ2) is 13.0. The summed E-state index contributed by atoms with van der Waals surface area (Å²) < 4.78 is 5.33. The van der Waals surface area contributed by atoms with Crippen molar-refractivity contribution >= 4 is 76.5 Å². The van der Waals surface area contributed by atoms with E-state index in [1.165, 1.54) is 49.1 Å². The number of rotatable bonds is 11. The molecule has 2 nitrogen and oxygen atoms in total. The Kier molecular flexibility index (Phi) is 11.5. The predicted octanol–water partition coefficient (Wildman–Crippen LogP) is 7.24. The van der Waals surface area contributed by atoms with Gasteiger partial charge in [-0.25, -0.2) is 0 Å². The van der Waals surface area contributed by atoms with Gasteiger partial charge in [0.1, 0.15) is 0 Å². The Bertz CT molecular complexity index is 543. The molecule has 0 radical (unpaired) electrons. The van der Waals surface area contributed by atoms with E-state index in [4.69, 9.17) is 0 Å². The lowest BCUT2D eigenvalue weighted by atomic mass is 10.1. The zero-order valence-corrected chi connectivity index (χ0v) is 19.6. The first-order valence-corrected chi connectivity index (χ1v) is 14.1. The summed E-state index contributed by atoms with van der Waals surface area (Å²) in [5.41, 5.74) is 0. The van der Waals surface area contributed by atoms with Crippen LogP contribution in [0.3, 0.4) is 0 Å². The molecule has 8 heteroatoms. The number of nitrogens with one attached hydrogen (secondary N) is 1. The van der Waals surface area contributed by atoms with Gasteiger partial charge in [-0.1, -0.05) is 86.1 Å². The number of thioether (sulfide) groups is 6. The summed E-state index contributed by atoms with van der Waals surface area (Å²) in [4.78, 5) is 11.9. The van der Waals surface area contributed by atoms with E-state index in [-0.39, 0.29) is 5.91 Å². The normalized spacial score (nSPS) is 19.9. The van der Waals surface area contributed by atoms with Gasteiger partial charge in [0.15, 0.2) is 0 Å². The number of amides is 1. The molecule has 0 bridgehead atoms. The Morgan fingerprint density at radius 1 is 1.00 bits per heavy atom. The zero-order chi connectivity index (χ0) is 17.9. The van der Waals surface area contributed by atoms with E-state index in [1.807, 2.05) is 23.5 Å². The number of unbranched alkanes of at least 4 members (excludes halogenated alkanes) is 5. The number of hydrogen-bond acceptors (Lipinski definition) is 7. The minimum Gasteiger partial charge on any atom is -0.355 e. The molecule has 0 fully saturated rings. The van der Waals surface area contributed by atoms with Crippen molar-refractivity contribution in [2.24, 2.45) is 0 Å². The van der Waals surface area contributed by atoms with Crippen molar-refractivity contribution in [3.8, 4) is 0 Å². The van der Waals surface area contributed by atoms with E-state index in [2.05, 4.69) is 29.3 Å². The van der Waals surface area contributed by atoms with Crippen LogP contribution in [0.4, 0.5) is 0 Å². The summed E-state index contributed by atoms with van der Waals surface area (Å²) in [6.45, 7) is 3.05. The Morgan fingerprint density at radius 2 is 1.64 bits per heavy atom. The van der Waals surface area contributed by atoms with Gasteiger partial charge in [0.05, 0.1) is 22.7 Å². The Labute approximate surface area is 177 Å². The Balaban J connectivity index is 1.55. The summed E-state index contributed by atoms with van der Waals surface area (Å²) in [7, 11) is 0. The molecular formula is C17H25NOS6. The van der Waals surface area contributed by atoms with E-state index in [1.54, 1.807) is 47.0 Å². The Hall–Kier alpha value is 0.790. The number of carbonyl (C=O) groups excluding carboxylic acids is 1. The molecule has 0 unspecified atom stereocenters. The molecule has 25 heavy (non-hydrogen) atoms. The molecule has 2 aliphatic heterocycles. The maximum Gasteiger partial charge on any atom is 0.230 e. The molecule has 0 atom stereocenters. The van der Waals surface area contributed by atoms with Crippen LogP contribution in [0, 0.1) is 0 Å². The van der Waals surface area contributed by atoms with Crippen LogP contribution in [-0.4, -0.2) is 24.5 Å². The van der Waals surface area contributed by atoms with Crippen LogP contribution in [-0.2, 0) is 4.79 Å². The topological polar surface area (TPSA) is 29.1 Å². The third kappa shape index (κ3) is 8.56. The Morgan fingerprint density at radius 3 is 2.32 bits per heavy atom. The molecule has 0 aliphatic carbocycles. The minimum absolute atomic E-state index is 0.155. The molecule has 1 amide bonds. The van der Waals surface area contributed by atoms with Crippen LogP contribution in [0.25, 0.3) is 0 Å². The standard InChI is InChI=1S/C17H25NOS6/c1-3-4-5-6-7-8-9-18-13(19)10-21-15-12-23-17(25-15)16-22-11-14(20-2)24-16/h11-12H,3-10H2,1-2H3,(H,18,19)/b17-16-. The summed E-state index contributed by atoms with van der Waals surface area (Å²) in [6, 6.07) is 0. The van der Waals surface area contributed by atoms with Crippen LogP contribution < -0.4 is 5.32 Å². The van der Waals surface area contributed by atoms with Crippen molar-refractivity contribution in [2.45, 2.75) is 45.4 Å². The van der Waals surface area contributed by atoms with Gasteiger partial charge >= 0.3 is 0 Å². The lowest BCUT2D eigenvalue weighted by molar-refractivity contribution is -0.118. The average molecular weight is 452 g/mol. The van der Waals surface area contributed by atoms with E-state index >= 15 is 0 Å². The molecule has 2 rings (SSSR count). The molecule has 2 heterocycles. The fraction of sp³-hybridized carbons (Fsp3) is 0.588. The first-order valence-electron chi connectivity index (χ1n) is 8.50. The van der Waals surface area contributed by atoms with Gasteiger partial charge < -0.3 is 5.32 Å². The van der Waals surface area contributed by atoms with Gasteiger partial charge in [0.25, 0.3) is 0 Å². The highest BCUT2D eigenvalue weighted by atomic mass is 32.2. The predicted molar refractivity (Wildman–Crippen MR) is 126 cm³/mol. The lowest BCUT2D eigenvalue weighted by Gasteiger charge is -2.06. The zero-order valence-electron chi connectivity index (χ0n) is 14.7. The first kappa shape index (κ1) is 22.1. The molecule has 0 saturated heterocycles. The van der Waals surface area contributed by atoms with Gasteiger partial charge in [-0.05, 0) is 23.5 Å². The van der Waals surface area contributed by atoms with Gasteiger partial charge in [0, 0.05) is 6.54 Å². The molecule has 1 N–H and O–H groups in total. The van der Waals surface area contributed by atoms with Gasteiger partial charge in [-0.3, -0.25) is 4.79 Å². The smallest absolute Gasteiger partial charge is 0.230 e. The van der Waals surface area contributed by atoms with Crippen molar-refractivity contribution in [3.63, 3.8) is 0 Å². The van der Waals surface area contributed by atoms with Crippen molar-refractivity contribution in [2.75, 3.05) is 18.6 Å². The minimum atomic E-state index is 0.155. The monoisotopic (exact) mass is 451 g/mol. The van der Waals surface area contributed by atoms with Gasteiger partial charge in [0.2, 0.25) is 5.91 Å². The average Bonchev–Trinajstić information content (AvgIpc) is 3.28.